The zero-order chi connectivity index (χ0) is 11.0. The third kappa shape index (κ3) is 1.59. The van der Waals surface area contributed by atoms with Crippen molar-refractivity contribution in [2.75, 3.05) is 13.1 Å². The molecule has 1 fully saturated rings. The summed E-state index contributed by atoms with van der Waals surface area (Å²) in [5.41, 5.74) is 2.38. The van der Waals surface area contributed by atoms with Crippen LogP contribution in [0.2, 0.25) is 0 Å². The molecule has 3 rings (SSSR count). The van der Waals surface area contributed by atoms with Gasteiger partial charge in [-0.15, -0.1) is 0 Å². The Bertz CT molecular complexity index is 497. The Balaban J connectivity index is 2.02. The number of rotatable bonds is 1. The second kappa shape index (κ2) is 3.87. The van der Waals surface area contributed by atoms with Gasteiger partial charge < -0.3 is 5.32 Å². The number of aromatic nitrogens is 3. The highest BCUT2D eigenvalue weighted by Gasteiger charge is 2.17. The van der Waals surface area contributed by atoms with Crippen LogP contribution in [-0.2, 0) is 0 Å². The SMILES string of the molecule is Cc1nc(C2CCNCC2)cc2cncn12. The number of nitrogens with zero attached hydrogens (tertiary/aromatic N) is 3. The van der Waals surface area contributed by atoms with Crippen LogP contribution >= 0.6 is 0 Å². The van der Waals surface area contributed by atoms with Crippen LogP contribution in [0.25, 0.3) is 5.52 Å². The number of piperidine rings is 1. The third-order valence-corrected chi connectivity index (χ3v) is 3.36. The maximum Gasteiger partial charge on any atom is 0.111 e. The van der Waals surface area contributed by atoms with Gasteiger partial charge in [-0.1, -0.05) is 0 Å². The topological polar surface area (TPSA) is 42.2 Å². The van der Waals surface area contributed by atoms with Crippen LogP contribution in [0, 0.1) is 6.92 Å². The van der Waals surface area contributed by atoms with Gasteiger partial charge in [-0.2, -0.15) is 0 Å². The average molecular weight is 216 g/mol. The fourth-order valence-corrected chi connectivity index (χ4v) is 2.43. The highest BCUT2D eigenvalue weighted by molar-refractivity contribution is 5.46. The maximum absolute atomic E-state index is 4.69. The van der Waals surface area contributed by atoms with Crippen molar-refractivity contribution in [1.82, 2.24) is 19.7 Å². The molecule has 1 aliphatic heterocycles. The van der Waals surface area contributed by atoms with Gasteiger partial charge in [0.1, 0.15) is 12.2 Å². The summed E-state index contributed by atoms with van der Waals surface area (Å²) < 4.78 is 2.03. The molecular formula is C12H16N4. The first-order valence-electron chi connectivity index (χ1n) is 5.85. The molecule has 84 valence electrons. The summed E-state index contributed by atoms with van der Waals surface area (Å²) in [7, 11) is 0. The molecule has 0 amide bonds. The summed E-state index contributed by atoms with van der Waals surface area (Å²) >= 11 is 0. The van der Waals surface area contributed by atoms with Crippen molar-refractivity contribution < 1.29 is 0 Å². The number of hydrogen-bond donors (Lipinski definition) is 1. The van der Waals surface area contributed by atoms with Crippen molar-refractivity contribution in [1.29, 1.82) is 0 Å². The molecular weight excluding hydrogens is 200 g/mol. The monoisotopic (exact) mass is 216 g/mol. The minimum absolute atomic E-state index is 0.611. The van der Waals surface area contributed by atoms with E-state index < -0.39 is 0 Å². The number of nitrogens with one attached hydrogen (secondary N) is 1. The molecule has 3 heterocycles. The van der Waals surface area contributed by atoms with Crippen molar-refractivity contribution in [2.24, 2.45) is 0 Å². The van der Waals surface area contributed by atoms with E-state index in [1.54, 1.807) is 0 Å². The van der Waals surface area contributed by atoms with Gasteiger partial charge in [-0.25, -0.2) is 9.97 Å². The molecule has 0 spiro atoms. The van der Waals surface area contributed by atoms with Crippen LogP contribution in [0.1, 0.15) is 30.3 Å². The standard InChI is InChI=1S/C12H16N4/c1-9-15-12(10-2-4-13-5-3-10)6-11-7-14-8-16(9)11/h6-8,10,13H,2-5H2,1H3. The Hall–Kier alpha value is -1.42. The zero-order valence-corrected chi connectivity index (χ0v) is 9.48. The molecule has 4 heteroatoms. The van der Waals surface area contributed by atoms with E-state index in [9.17, 15) is 0 Å². The Morgan fingerprint density at radius 1 is 1.38 bits per heavy atom. The fourth-order valence-electron chi connectivity index (χ4n) is 2.43. The van der Waals surface area contributed by atoms with Gasteiger partial charge in [0.05, 0.1) is 11.7 Å². The van der Waals surface area contributed by atoms with Crippen LogP contribution in [0.4, 0.5) is 0 Å². The summed E-state index contributed by atoms with van der Waals surface area (Å²) in [6, 6.07) is 2.18. The molecule has 0 unspecified atom stereocenters. The second-order valence-electron chi connectivity index (χ2n) is 4.44. The Morgan fingerprint density at radius 3 is 3.00 bits per heavy atom. The highest BCUT2D eigenvalue weighted by atomic mass is 15.0. The van der Waals surface area contributed by atoms with Gasteiger partial charge >= 0.3 is 0 Å². The molecule has 1 aliphatic rings. The van der Waals surface area contributed by atoms with E-state index in [-0.39, 0.29) is 0 Å². The van der Waals surface area contributed by atoms with Crippen molar-refractivity contribution in [3.8, 4) is 0 Å². The molecule has 0 bridgehead atoms. The predicted molar refractivity (Wildman–Crippen MR) is 62.6 cm³/mol. The number of imidazole rings is 1. The van der Waals surface area contributed by atoms with Crippen LogP contribution in [0.15, 0.2) is 18.6 Å². The van der Waals surface area contributed by atoms with Gasteiger partial charge in [0.2, 0.25) is 0 Å². The van der Waals surface area contributed by atoms with Gasteiger partial charge in [-0.3, -0.25) is 4.40 Å². The molecule has 0 saturated carbocycles. The number of hydrogen-bond acceptors (Lipinski definition) is 3. The lowest BCUT2D eigenvalue weighted by atomic mass is 9.94. The molecule has 2 aromatic rings. The van der Waals surface area contributed by atoms with E-state index in [1.807, 2.05) is 23.8 Å². The first-order valence-corrected chi connectivity index (χ1v) is 5.85. The van der Waals surface area contributed by atoms with Crippen molar-refractivity contribution in [3.05, 3.63) is 30.1 Å². The van der Waals surface area contributed by atoms with Crippen molar-refractivity contribution >= 4 is 5.52 Å². The summed E-state index contributed by atoms with van der Waals surface area (Å²) in [4.78, 5) is 8.85. The second-order valence-corrected chi connectivity index (χ2v) is 4.44. The lowest BCUT2D eigenvalue weighted by molar-refractivity contribution is 0.452. The average Bonchev–Trinajstić information content (AvgIpc) is 2.79. The summed E-state index contributed by atoms with van der Waals surface area (Å²) in [5, 5.41) is 3.39. The summed E-state index contributed by atoms with van der Waals surface area (Å²) in [6.45, 7) is 4.25. The summed E-state index contributed by atoms with van der Waals surface area (Å²) in [5.74, 6) is 1.64. The smallest absolute Gasteiger partial charge is 0.111 e. The zero-order valence-electron chi connectivity index (χ0n) is 9.48. The minimum Gasteiger partial charge on any atom is -0.317 e. The quantitative estimate of drug-likeness (QED) is 0.785. The first-order chi connectivity index (χ1) is 7.84. The lowest BCUT2D eigenvalue weighted by Crippen LogP contribution is -2.27. The van der Waals surface area contributed by atoms with E-state index in [2.05, 4.69) is 16.4 Å². The van der Waals surface area contributed by atoms with Crippen LogP contribution in [-0.4, -0.2) is 27.5 Å². The minimum atomic E-state index is 0.611. The maximum atomic E-state index is 4.69. The van der Waals surface area contributed by atoms with E-state index >= 15 is 0 Å². The van der Waals surface area contributed by atoms with Crippen molar-refractivity contribution in [3.63, 3.8) is 0 Å². The molecule has 1 saturated heterocycles. The number of fused-ring (bicyclic) bond motifs is 1. The molecule has 0 atom stereocenters. The normalized spacial score (nSPS) is 18.1. The highest BCUT2D eigenvalue weighted by Crippen LogP contribution is 2.24. The molecule has 0 aromatic carbocycles. The fraction of sp³-hybridized carbons (Fsp3) is 0.500. The molecule has 0 radical (unpaired) electrons. The first kappa shape index (κ1) is 9.78. The Labute approximate surface area is 94.7 Å². The van der Waals surface area contributed by atoms with Gasteiger partial charge in [0, 0.05) is 11.6 Å². The van der Waals surface area contributed by atoms with Crippen molar-refractivity contribution in [2.45, 2.75) is 25.7 Å². The lowest BCUT2D eigenvalue weighted by Gasteiger charge is -2.22. The van der Waals surface area contributed by atoms with Crippen LogP contribution < -0.4 is 5.32 Å². The van der Waals surface area contributed by atoms with E-state index in [1.165, 1.54) is 18.5 Å². The molecule has 0 aliphatic carbocycles. The third-order valence-electron chi connectivity index (χ3n) is 3.36. The van der Waals surface area contributed by atoms with E-state index in [0.29, 0.717) is 5.92 Å². The predicted octanol–water partition coefficient (Wildman–Crippen LogP) is 1.50. The number of aryl methyl sites for hydroxylation is 1. The summed E-state index contributed by atoms with van der Waals surface area (Å²) in [6.07, 6.45) is 6.11. The largest absolute Gasteiger partial charge is 0.317 e. The van der Waals surface area contributed by atoms with Gasteiger partial charge in [-0.05, 0) is 38.9 Å². The van der Waals surface area contributed by atoms with E-state index in [0.717, 1.165) is 24.4 Å². The molecule has 4 nitrogen and oxygen atoms in total. The molecule has 1 N–H and O–H groups in total. The Morgan fingerprint density at radius 2 is 2.19 bits per heavy atom. The van der Waals surface area contributed by atoms with Crippen LogP contribution in [0.5, 0.6) is 0 Å². The van der Waals surface area contributed by atoms with Gasteiger partial charge in [0.25, 0.3) is 0 Å². The van der Waals surface area contributed by atoms with Crippen LogP contribution in [0.3, 0.4) is 0 Å². The molecule has 16 heavy (non-hydrogen) atoms. The Kier molecular flexibility index (Phi) is 2.36. The molecule has 2 aromatic heterocycles. The van der Waals surface area contributed by atoms with Gasteiger partial charge in [0.15, 0.2) is 0 Å². The van der Waals surface area contributed by atoms with E-state index in [4.69, 9.17) is 4.98 Å².